The average Bonchev–Trinajstić information content (AvgIpc) is 2.98. The van der Waals surface area contributed by atoms with Crippen molar-refractivity contribution in [3.8, 4) is 0 Å². The van der Waals surface area contributed by atoms with E-state index in [1.807, 2.05) is 39.8 Å². The van der Waals surface area contributed by atoms with Crippen LogP contribution in [0.2, 0.25) is 0 Å². The number of nitrogens with one attached hydrogen (secondary N) is 1. The Kier molecular flexibility index (Phi) is 5.80. The number of carbonyl (C=O) groups excluding carboxylic acids is 1. The Hall–Kier alpha value is -2.11. The molecular weight excluding hydrogens is 304 g/mol. The number of hydrogen-bond donors (Lipinski definition) is 1. The summed E-state index contributed by atoms with van der Waals surface area (Å²) < 4.78 is 5.49. The number of aliphatic imine (C=N–C) groups is 1. The van der Waals surface area contributed by atoms with Gasteiger partial charge in [-0.1, -0.05) is 6.07 Å². The molecule has 0 bridgehead atoms. The normalized spacial score (nSPS) is 18.6. The molecule has 1 aliphatic heterocycles. The minimum atomic E-state index is -0.444. The number of aryl methyl sites for hydroxylation is 1. The summed E-state index contributed by atoms with van der Waals surface area (Å²) in [5.41, 5.74) is 1.70. The van der Waals surface area contributed by atoms with Gasteiger partial charge in [0.25, 0.3) is 0 Å². The van der Waals surface area contributed by atoms with Crippen molar-refractivity contribution in [2.24, 2.45) is 10.9 Å². The van der Waals surface area contributed by atoms with Crippen molar-refractivity contribution in [2.75, 3.05) is 20.1 Å². The summed E-state index contributed by atoms with van der Waals surface area (Å²) in [4.78, 5) is 23.0. The summed E-state index contributed by atoms with van der Waals surface area (Å²) in [5, 5.41) is 3.34. The van der Waals surface area contributed by atoms with Crippen LogP contribution >= 0.6 is 0 Å². The van der Waals surface area contributed by atoms with E-state index in [4.69, 9.17) is 4.74 Å². The van der Waals surface area contributed by atoms with Gasteiger partial charge in [0, 0.05) is 26.3 Å². The third kappa shape index (κ3) is 4.94. The second-order valence-electron chi connectivity index (χ2n) is 7.13. The molecule has 1 fully saturated rings. The number of nitrogens with zero attached hydrogens (tertiary/aromatic N) is 3. The topological polar surface area (TPSA) is 66.8 Å². The molecule has 2 heterocycles. The minimum Gasteiger partial charge on any atom is -0.460 e. The molecule has 2 rings (SSSR count). The fraction of sp³-hybridized carbons (Fsp3) is 0.611. The van der Waals surface area contributed by atoms with Gasteiger partial charge in [0.15, 0.2) is 5.96 Å². The number of rotatable bonds is 3. The largest absolute Gasteiger partial charge is 0.460 e. The Morgan fingerprint density at radius 3 is 2.88 bits per heavy atom. The number of aromatic nitrogens is 1. The monoisotopic (exact) mass is 332 g/mol. The smallest absolute Gasteiger partial charge is 0.311 e. The summed E-state index contributed by atoms with van der Waals surface area (Å²) in [7, 11) is 1.76. The summed E-state index contributed by atoms with van der Waals surface area (Å²) in [5.74, 6) is 0.575. The lowest BCUT2D eigenvalue weighted by Gasteiger charge is -2.23. The van der Waals surface area contributed by atoms with E-state index in [2.05, 4.69) is 20.2 Å². The molecule has 1 saturated heterocycles. The fourth-order valence-electron chi connectivity index (χ4n) is 2.73. The van der Waals surface area contributed by atoms with Gasteiger partial charge in [-0.05, 0) is 45.7 Å². The van der Waals surface area contributed by atoms with E-state index in [1.54, 1.807) is 13.2 Å². The summed E-state index contributed by atoms with van der Waals surface area (Å²) in [6.45, 7) is 9.78. The van der Waals surface area contributed by atoms with E-state index in [-0.39, 0.29) is 11.9 Å². The van der Waals surface area contributed by atoms with Crippen LogP contribution in [-0.4, -0.2) is 47.6 Å². The Morgan fingerprint density at radius 1 is 1.50 bits per heavy atom. The molecule has 1 unspecified atom stereocenters. The molecule has 132 valence electrons. The molecule has 6 heteroatoms. The molecule has 1 atom stereocenters. The van der Waals surface area contributed by atoms with Gasteiger partial charge in [0.05, 0.1) is 18.2 Å². The first-order chi connectivity index (χ1) is 11.3. The Morgan fingerprint density at radius 2 is 2.25 bits per heavy atom. The van der Waals surface area contributed by atoms with Crippen molar-refractivity contribution in [3.63, 3.8) is 0 Å². The van der Waals surface area contributed by atoms with E-state index in [0.717, 1.165) is 30.2 Å². The zero-order valence-corrected chi connectivity index (χ0v) is 15.3. The highest BCUT2D eigenvalue weighted by Crippen LogP contribution is 2.21. The second-order valence-corrected chi connectivity index (χ2v) is 7.13. The number of hydrogen-bond acceptors (Lipinski definition) is 4. The van der Waals surface area contributed by atoms with Crippen molar-refractivity contribution in [1.82, 2.24) is 15.2 Å². The molecule has 0 aliphatic carbocycles. The van der Waals surface area contributed by atoms with E-state index in [9.17, 15) is 4.79 Å². The van der Waals surface area contributed by atoms with Gasteiger partial charge in [-0.2, -0.15) is 0 Å². The summed E-state index contributed by atoms with van der Waals surface area (Å²) >= 11 is 0. The quantitative estimate of drug-likeness (QED) is 0.522. The lowest BCUT2D eigenvalue weighted by molar-refractivity contribution is -0.159. The number of pyridine rings is 1. The zero-order chi connectivity index (χ0) is 17.7. The first-order valence-electron chi connectivity index (χ1n) is 8.39. The molecule has 0 radical (unpaired) electrons. The highest BCUT2D eigenvalue weighted by atomic mass is 16.6. The maximum atomic E-state index is 12.2. The number of esters is 1. The van der Waals surface area contributed by atoms with Gasteiger partial charge in [-0.25, -0.2) is 0 Å². The predicted molar refractivity (Wildman–Crippen MR) is 94.7 cm³/mol. The van der Waals surface area contributed by atoms with Gasteiger partial charge in [0.2, 0.25) is 0 Å². The fourth-order valence-corrected chi connectivity index (χ4v) is 2.73. The predicted octanol–water partition coefficient (Wildman–Crippen LogP) is 2.13. The molecule has 0 amide bonds. The number of carbonyl (C=O) groups is 1. The number of guanidine groups is 1. The molecule has 1 aromatic heterocycles. The Balaban J connectivity index is 1.91. The third-order valence-electron chi connectivity index (χ3n) is 3.97. The third-order valence-corrected chi connectivity index (χ3v) is 3.97. The van der Waals surface area contributed by atoms with Crippen LogP contribution in [0.15, 0.2) is 23.3 Å². The molecule has 1 aliphatic rings. The highest BCUT2D eigenvalue weighted by Gasteiger charge is 2.33. The SMILES string of the molecule is CN=C(NCc1ncccc1C)N1CCC(C(=O)OC(C)(C)C)C1. The summed E-state index contributed by atoms with van der Waals surface area (Å²) in [6, 6.07) is 3.97. The van der Waals surface area contributed by atoms with Crippen molar-refractivity contribution >= 4 is 11.9 Å². The highest BCUT2D eigenvalue weighted by molar-refractivity contribution is 5.82. The molecular formula is C18H28N4O2. The molecule has 0 saturated carbocycles. The van der Waals surface area contributed by atoms with Crippen molar-refractivity contribution in [3.05, 3.63) is 29.6 Å². The van der Waals surface area contributed by atoms with Gasteiger partial charge < -0.3 is 15.0 Å². The van der Waals surface area contributed by atoms with Crippen molar-refractivity contribution in [2.45, 2.75) is 46.3 Å². The van der Waals surface area contributed by atoms with E-state index in [0.29, 0.717) is 13.1 Å². The number of ether oxygens (including phenoxy) is 1. The van der Waals surface area contributed by atoms with E-state index in [1.165, 1.54) is 0 Å². The minimum absolute atomic E-state index is 0.0978. The second kappa shape index (κ2) is 7.64. The van der Waals surface area contributed by atoms with Crippen molar-refractivity contribution < 1.29 is 9.53 Å². The van der Waals surface area contributed by atoms with Crippen LogP contribution < -0.4 is 5.32 Å². The maximum Gasteiger partial charge on any atom is 0.311 e. The average molecular weight is 332 g/mol. The van der Waals surface area contributed by atoms with E-state index < -0.39 is 5.60 Å². The van der Waals surface area contributed by atoms with Crippen LogP contribution in [0.25, 0.3) is 0 Å². The van der Waals surface area contributed by atoms with Crippen LogP contribution in [0, 0.1) is 12.8 Å². The van der Waals surface area contributed by atoms with Crippen LogP contribution in [-0.2, 0) is 16.1 Å². The lowest BCUT2D eigenvalue weighted by atomic mass is 10.1. The maximum absolute atomic E-state index is 12.2. The van der Waals surface area contributed by atoms with Gasteiger partial charge in [-0.15, -0.1) is 0 Å². The number of likely N-dealkylation sites (tertiary alicyclic amines) is 1. The molecule has 6 nitrogen and oxygen atoms in total. The van der Waals surface area contributed by atoms with Crippen molar-refractivity contribution in [1.29, 1.82) is 0 Å². The molecule has 24 heavy (non-hydrogen) atoms. The first-order valence-corrected chi connectivity index (χ1v) is 8.39. The van der Waals surface area contributed by atoms with Gasteiger partial charge in [0.1, 0.15) is 5.60 Å². The van der Waals surface area contributed by atoms with Crippen LogP contribution in [0.3, 0.4) is 0 Å². The van der Waals surface area contributed by atoms with Crippen LogP contribution in [0.1, 0.15) is 38.4 Å². The van der Waals surface area contributed by atoms with Crippen LogP contribution in [0.4, 0.5) is 0 Å². The molecule has 0 aromatic carbocycles. The molecule has 0 spiro atoms. The molecule has 1 N–H and O–H groups in total. The van der Waals surface area contributed by atoms with Gasteiger partial charge >= 0.3 is 5.97 Å². The first kappa shape index (κ1) is 18.2. The standard InChI is InChI=1S/C18H28N4O2/c1-13-7-6-9-20-15(13)11-21-17(19-5)22-10-8-14(12-22)16(23)24-18(2,3)4/h6-7,9,14H,8,10-12H2,1-5H3,(H,19,21). The molecule has 1 aromatic rings. The van der Waals surface area contributed by atoms with Gasteiger partial charge in [-0.3, -0.25) is 14.8 Å². The summed E-state index contributed by atoms with van der Waals surface area (Å²) in [6.07, 6.45) is 2.58. The zero-order valence-electron chi connectivity index (χ0n) is 15.3. The Bertz CT molecular complexity index is 607. The lowest BCUT2D eigenvalue weighted by Crippen LogP contribution is -2.40. The Labute approximate surface area is 144 Å². The van der Waals surface area contributed by atoms with E-state index >= 15 is 0 Å². The van der Waals surface area contributed by atoms with Crippen LogP contribution in [0.5, 0.6) is 0 Å².